The SMILES string of the molecule is O=C(NCCO)c1cccc(Oc2ccc(C(F)(F)F)cc2[N+](=O)[O-])c1. The van der Waals surface area contributed by atoms with Gasteiger partial charge < -0.3 is 15.2 Å². The van der Waals surface area contributed by atoms with Gasteiger partial charge in [-0.05, 0) is 30.3 Å². The second-order valence-electron chi connectivity index (χ2n) is 5.05. The Hall–Kier alpha value is -3.14. The molecule has 2 aromatic rings. The highest BCUT2D eigenvalue weighted by atomic mass is 19.4. The maximum Gasteiger partial charge on any atom is 0.416 e. The number of nitro benzene ring substituents is 1. The van der Waals surface area contributed by atoms with Crippen molar-refractivity contribution in [1.29, 1.82) is 0 Å². The van der Waals surface area contributed by atoms with Crippen LogP contribution in [0.3, 0.4) is 0 Å². The average Bonchev–Trinajstić information content (AvgIpc) is 2.59. The van der Waals surface area contributed by atoms with E-state index in [4.69, 9.17) is 9.84 Å². The minimum absolute atomic E-state index is 0.0320. The van der Waals surface area contributed by atoms with Gasteiger partial charge in [0.15, 0.2) is 0 Å². The zero-order chi connectivity index (χ0) is 19.3. The summed E-state index contributed by atoms with van der Waals surface area (Å²) < 4.78 is 43.4. The summed E-state index contributed by atoms with van der Waals surface area (Å²) in [7, 11) is 0. The molecule has 0 atom stereocenters. The first kappa shape index (κ1) is 19.2. The highest BCUT2D eigenvalue weighted by Crippen LogP contribution is 2.37. The minimum Gasteiger partial charge on any atom is -0.450 e. The largest absolute Gasteiger partial charge is 0.450 e. The summed E-state index contributed by atoms with van der Waals surface area (Å²) >= 11 is 0. The van der Waals surface area contributed by atoms with Gasteiger partial charge in [0.1, 0.15) is 5.75 Å². The van der Waals surface area contributed by atoms with Gasteiger partial charge in [-0.25, -0.2) is 0 Å². The average molecular weight is 370 g/mol. The Morgan fingerprint density at radius 3 is 2.58 bits per heavy atom. The molecule has 0 saturated heterocycles. The Morgan fingerprint density at radius 1 is 1.23 bits per heavy atom. The van der Waals surface area contributed by atoms with E-state index >= 15 is 0 Å². The van der Waals surface area contributed by atoms with Crippen LogP contribution >= 0.6 is 0 Å². The number of rotatable bonds is 6. The van der Waals surface area contributed by atoms with Crippen LogP contribution in [0.1, 0.15) is 15.9 Å². The van der Waals surface area contributed by atoms with Gasteiger partial charge in [0.05, 0.1) is 17.1 Å². The van der Waals surface area contributed by atoms with E-state index in [2.05, 4.69) is 5.32 Å². The molecule has 1 amide bonds. The number of carbonyl (C=O) groups is 1. The number of halogens is 3. The van der Waals surface area contributed by atoms with Crippen molar-refractivity contribution in [3.05, 3.63) is 63.7 Å². The number of nitrogens with one attached hydrogen (secondary N) is 1. The fourth-order valence-electron chi connectivity index (χ4n) is 2.02. The summed E-state index contributed by atoms with van der Waals surface area (Å²) in [5.74, 6) is -0.869. The van der Waals surface area contributed by atoms with Crippen molar-refractivity contribution >= 4 is 11.6 Å². The molecule has 138 valence electrons. The number of aliphatic hydroxyl groups is 1. The highest BCUT2D eigenvalue weighted by Gasteiger charge is 2.33. The van der Waals surface area contributed by atoms with Crippen LogP contribution in [0, 0.1) is 10.1 Å². The number of nitrogens with zero attached hydrogens (tertiary/aromatic N) is 1. The molecule has 0 aliphatic carbocycles. The zero-order valence-electron chi connectivity index (χ0n) is 13.1. The molecular formula is C16H13F3N2O5. The molecule has 7 nitrogen and oxygen atoms in total. The first-order valence-electron chi connectivity index (χ1n) is 7.25. The topological polar surface area (TPSA) is 102 Å². The number of nitro groups is 1. The van der Waals surface area contributed by atoms with Crippen LogP contribution in [-0.2, 0) is 6.18 Å². The van der Waals surface area contributed by atoms with Crippen molar-refractivity contribution < 1.29 is 32.7 Å². The third kappa shape index (κ3) is 4.70. The van der Waals surface area contributed by atoms with Crippen molar-refractivity contribution in [2.75, 3.05) is 13.2 Å². The Kier molecular flexibility index (Phi) is 5.78. The second kappa shape index (κ2) is 7.83. The molecule has 10 heteroatoms. The van der Waals surface area contributed by atoms with E-state index in [1.54, 1.807) is 0 Å². The van der Waals surface area contributed by atoms with Gasteiger partial charge in [0, 0.05) is 18.2 Å². The molecular weight excluding hydrogens is 357 g/mol. The summed E-state index contributed by atoms with van der Waals surface area (Å²) in [4.78, 5) is 21.9. The summed E-state index contributed by atoms with van der Waals surface area (Å²) in [5.41, 5.74) is -1.87. The maximum atomic E-state index is 12.7. The van der Waals surface area contributed by atoms with Gasteiger partial charge in [0.2, 0.25) is 5.75 Å². The Bertz CT molecular complexity index is 824. The van der Waals surface area contributed by atoms with Crippen molar-refractivity contribution in [3.63, 3.8) is 0 Å². The lowest BCUT2D eigenvalue weighted by atomic mass is 10.1. The zero-order valence-corrected chi connectivity index (χ0v) is 13.1. The molecule has 26 heavy (non-hydrogen) atoms. The Balaban J connectivity index is 2.31. The van der Waals surface area contributed by atoms with Crippen molar-refractivity contribution in [2.45, 2.75) is 6.18 Å². The number of hydrogen-bond donors (Lipinski definition) is 2. The van der Waals surface area contributed by atoms with E-state index in [9.17, 15) is 28.1 Å². The van der Waals surface area contributed by atoms with E-state index in [-0.39, 0.29) is 24.5 Å². The van der Waals surface area contributed by atoms with Crippen molar-refractivity contribution in [2.24, 2.45) is 0 Å². The second-order valence-corrected chi connectivity index (χ2v) is 5.05. The third-order valence-electron chi connectivity index (χ3n) is 3.20. The van der Waals surface area contributed by atoms with E-state index in [1.165, 1.54) is 24.3 Å². The Morgan fingerprint density at radius 2 is 1.96 bits per heavy atom. The normalized spacial score (nSPS) is 11.1. The van der Waals surface area contributed by atoms with Crippen LogP contribution in [-0.4, -0.2) is 29.1 Å². The monoisotopic (exact) mass is 370 g/mol. The van der Waals surface area contributed by atoms with Gasteiger partial charge in [-0.2, -0.15) is 13.2 Å². The number of alkyl halides is 3. The first-order chi connectivity index (χ1) is 12.2. The first-order valence-corrected chi connectivity index (χ1v) is 7.25. The molecule has 2 rings (SSSR count). The summed E-state index contributed by atoms with van der Waals surface area (Å²) in [6.07, 6.45) is -4.73. The molecule has 0 saturated carbocycles. The molecule has 0 heterocycles. The number of amides is 1. The van der Waals surface area contributed by atoms with Gasteiger partial charge in [-0.3, -0.25) is 14.9 Å². The predicted molar refractivity (Wildman–Crippen MR) is 84.0 cm³/mol. The van der Waals surface area contributed by atoms with Crippen molar-refractivity contribution in [1.82, 2.24) is 5.32 Å². The molecule has 2 N–H and O–H groups in total. The van der Waals surface area contributed by atoms with E-state index < -0.39 is 34.0 Å². The fourth-order valence-corrected chi connectivity index (χ4v) is 2.02. The molecule has 0 fully saturated rings. The van der Waals surface area contributed by atoms with Gasteiger partial charge >= 0.3 is 11.9 Å². The highest BCUT2D eigenvalue weighted by molar-refractivity contribution is 5.94. The smallest absolute Gasteiger partial charge is 0.416 e. The number of hydrogen-bond acceptors (Lipinski definition) is 5. The molecule has 0 aliphatic rings. The van der Waals surface area contributed by atoms with E-state index in [1.807, 2.05) is 0 Å². The summed E-state index contributed by atoms with van der Waals surface area (Å²) in [5, 5.41) is 22.2. The minimum atomic E-state index is -4.73. The molecule has 0 radical (unpaired) electrons. The lowest BCUT2D eigenvalue weighted by Gasteiger charge is -2.11. The standard InChI is InChI=1S/C16H13F3N2O5/c17-16(18,19)11-4-5-14(13(9-11)21(24)25)26-12-3-1-2-10(8-12)15(23)20-6-7-22/h1-5,8-9,22H,6-7H2,(H,20,23). The van der Waals surface area contributed by atoms with Gasteiger partial charge in [0.25, 0.3) is 5.91 Å². The van der Waals surface area contributed by atoms with E-state index in [0.29, 0.717) is 12.1 Å². The van der Waals surface area contributed by atoms with Crippen LogP contribution in [0.4, 0.5) is 18.9 Å². The van der Waals surface area contributed by atoms with Crippen molar-refractivity contribution in [3.8, 4) is 11.5 Å². The van der Waals surface area contributed by atoms with Gasteiger partial charge in [-0.15, -0.1) is 0 Å². The molecule has 0 spiro atoms. The molecule has 0 aliphatic heterocycles. The molecule has 0 bridgehead atoms. The molecule has 0 unspecified atom stereocenters. The van der Waals surface area contributed by atoms with E-state index in [0.717, 1.165) is 6.07 Å². The lowest BCUT2D eigenvalue weighted by Crippen LogP contribution is -2.26. The lowest BCUT2D eigenvalue weighted by molar-refractivity contribution is -0.385. The molecule has 0 aromatic heterocycles. The van der Waals surface area contributed by atoms with Crippen LogP contribution in [0.5, 0.6) is 11.5 Å². The summed E-state index contributed by atoms with van der Waals surface area (Å²) in [6.45, 7) is -0.214. The number of ether oxygens (including phenoxy) is 1. The van der Waals surface area contributed by atoms with Crippen LogP contribution < -0.4 is 10.1 Å². The van der Waals surface area contributed by atoms with Crippen LogP contribution in [0.15, 0.2) is 42.5 Å². The third-order valence-corrected chi connectivity index (χ3v) is 3.20. The van der Waals surface area contributed by atoms with Crippen LogP contribution in [0.2, 0.25) is 0 Å². The predicted octanol–water partition coefficient (Wildman–Crippen LogP) is 3.13. The number of benzene rings is 2. The fraction of sp³-hybridized carbons (Fsp3) is 0.188. The molecule has 2 aromatic carbocycles. The number of carbonyl (C=O) groups excluding carboxylic acids is 1. The number of aliphatic hydroxyl groups excluding tert-OH is 1. The Labute approximate surface area is 145 Å². The maximum absolute atomic E-state index is 12.7. The van der Waals surface area contributed by atoms with Crippen LogP contribution in [0.25, 0.3) is 0 Å². The quantitative estimate of drug-likeness (QED) is 0.601. The summed E-state index contributed by atoms with van der Waals surface area (Å²) in [6, 6.07) is 7.45. The van der Waals surface area contributed by atoms with Gasteiger partial charge in [-0.1, -0.05) is 6.07 Å².